The highest BCUT2D eigenvalue weighted by molar-refractivity contribution is 5.86. The molecule has 0 aliphatic carbocycles. The van der Waals surface area contributed by atoms with Crippen LogP contribution in [0.4, 0.5) is 0 Å². The summed E-state index contributed by atoms with van der Waals surface area (Å²) < 4.78 is 0. The van der Waals surface area contributed by atoms with Crippen LogP contribution in [-0.4, -0.2) is 33.5 Å². The van der Waals surface area contributed by atoms with Gasteiger partial charge in [-0.1, -0.05) is 25.1 Å². The lowest BCUT2D eigenvalue weighted by Crippen LogP contribution is -2.30. The van der Waals surface area contributed by atoms with Crippen LogP contribution in [0.5, 0.6) is 0 Å². The molecule has 112 valence electrons. The predicted octanol–water partition coefficient (Wildman–Crippen LogP) is 3.17. The Morgan fingerprint density at radius 1 is 1.43 bits per heavy atom. The summed E-state index contributed by atoms with van der Waals surface area (Å²) in [6, 6.07) is 6.60. The fourth-order valence-electron chi connectivity index (χ4n) is 3.46. The number of aryl methyl sites for hydroxylation is 1. The fourth-order valence-corrected chi connectivity index (χ4v) is 3.46. The third-order valence-electron chi connectivity index (χ3n) is 4.55. The molecular formula is C17H22N2O2. The Hall–Kier alpha value is -1.81. The first-order chi connectivity index (χ1) is 10.2. The second-order valence-corrected chi connectivity index (χ2v) is 5.87. The molecule has 1 fully saturated rings. The Labute approximate surface area is 124 Å². The minimum Gasteiger partial charge on any atom is -0.481 e. The summed E-state index contributed by atoms with van der Waals surface area (Å²) in [5.41, 5.74) is 3.84. The number of hydrogen-bond donors (Lipinski definition) is 2. The van der Waals surface area contributed by atoms with E-state index in [0.29, 0.717) is 0 Å². The summed E-state index contributed by atoms with van der Waals surface area (Å²) in [6.45, 7) is 4.00. The van der Waals surface area contributed by atoms with E-state index in [9.17, 15) is 4.79 Å². The largest absolute Gasteiger partial charge is 0.481 e. The summed E-state index contributed by atoms with van der Waals surface area (Å²) in [4.78, 5) is 16.7. The van der Waals surface area contributed by atoms with Gasteiger partial charge in [0.05, 0.1) is 6.42 Å². The molecule has 2 aromatic rings. The summed E-state index contributed by atoms with van der Waals surface area (Å²) >= 11 is 0. The van der Waals surface area contributed by atoms with Crippen molar-refractivity contribution < 1.29 is 9.90 Å². The normalized spacial score (nSPS) is 19.4. The van der Waals surface area contributed by atoms with Crippen molar-refractivity contribution in [3.8, 4) is 0 Å². The van der Waals surface area contributed by atoms with Gasteiger partial charge < -0.3 is 10.1 Å². The van der Waals surface area contributed by atoms with E-state index in [1.54, 1.807) is 0 Å². The Kier molecular flexibility index (Phi) is 3.97. The number of fused-ring (bicyclic) bond motifs is 1. The second-order valence-electron chi connectivity index (χ2n) is 5.87. The number of aromatic nitrogens is 1. The van der Waals surface area contributed by atoms with Crippen molar-refractivity contribution in [1.29, 1.82) is 0 Å². The number of para-hydroxylation sites is 1. The summed E-state index contributed by atoms with van der Waals surface area (Å²) in [5.74, 6) is -0.695. The zero-order valence-corrected chi connectivity index (χ0v) is 12.4. The molecule has 0 amide bonds. The lowest BCUT2D eigenvalue weighted by molar-refractivity contribution is -0.138. The third-order valence-corrected chi connectivity index (χ3v) is 4.55. The van der Waals surface area contributed by atoms with Gasteiger partial charge in [0.15, 0.2) is 0 Å². The zero-order valence-electron chi connectivity index (χ0n) is 12.4. The highest BCUT2D eigenvalue weighted by Crippen LogP contribution is 2.27. The van der Waals surface area contributed by atoms with Crippen LogP contribution < -0.4 is 0 Å². The molecule has 0 radical (unpaired) electrons. The number of rotatable bonds is 5. The molecule has 0 spiro atoms. The molecule has 2 heterocycles. The molecule has 1 aromatic heterocycles. The summed E-state index contributed by atoms with van der Waals surface area (Å²) in [6.07, 6.45) is 5.45. The molecule has 21 heavy (non-hydrogen) atoms. The summed E-state index contributed by atoms with van der Waals surface area (Å²) in [5, 5.41) is 10.3. The standard InChI is InChI=1S/C17H22N2O2/c1-2-12-5-3-7-15-13(10-18-17(12)15)11-19-8-4-6-14(19)9-16(20)21/h3,5,7,10,14,18H,2,4,6,8-9,11H2,1H3,(H,20,21). The quantitative estimate of drug-likeness (QED) is 0.887. The maximum absolute atomic E-state index is 11.0. The van der Waals surface area contributed by atoms with Gasteiger partial charge in [-0.05, 0) is 36.9 Å². The second kappa shape index (κ2) is 5.90. The molecule has 0 saturated carbocycles. The maximum atomic E-state index is 11.0. The monoisotopic (exact) mass is 286 g/mol. The van der Waals surface area contributed by atoms with Gasteiger partial charge >= 0.3 is 5.97 Å². The minimum absolute atomic E-state index is 0.182. The Morgan fingerprint density at radius 3 is 3.05 bits per heavy atom. The number of nitrogens with one attached hydrogen (secondary N) is 1. The number of carboxylic acid groups (broad SMARTS) is 1. The van der Waals surface area contributed by atoms with E-state index in [2.05, 4.69) is 41.2 Å². The molecule has 0 bridgehead atoms. The number of hydrogen-bond acceptors (Lipinski definition) is 2. The van der Waals surface area contributed by atoms with E-state index in [0.717, 1.165) is 32.4 Å². The van der Waals surface area contributed by atoms with E-state index in [1.807, 2.05) is 0 Å². The first kappa shape index (κ1) is 14.1. The molecule has 3 rings (SSSR count). The molecule has 1 aromatic carbocycles. The zero-order chi connectivity index (χ0) is 14.8. The van der Waals surface area contributed by atoms with E-state index in [1.165, 1.54) is 22.0 Å². The van der Waals surface area contributed by atoms with E-state index in [-0.39, 0.29) is 12.5 Å². The number of aliphatic carboxylic acids is 1. The van der Waals surface area contributed by atoms with Crippen molar-refractivity contribution in [3.63, 3.8) is 0 Å². The van der Waals surface area contributed by atoms with Crippen molar-refractivity contribution in [2.75, 3.05) is 6.54 Å². The Balaban J connectivity index is 1.83. The van der Waals surface area contributed by atoms with E-state index < -0.39 is 5.97 Å². The third kappa shape index (κ3) is 2.81. The van der Waals surface area contributed by atoms with E-state index >= 15 is 0 Å². The number of aromatic amines is 1. The van der Waals surface area contributed by atoms with Crippen LogP contribution in [0, 0.1) is 0 Å². The average molecular weight is 286 g/mol. The van der Waals surface area contributed by atoms with Gasteiger partial charge in [0.25, 0.3) is 0 Å². The highest BCUT2D eigenvalue weighted by Gasteiger charge is 2.27. The molecule has 1 atom stereocenters. The first-order valence-electron chi connectivity index (χ1n) is 7.72. The molecule has 4 heteroatoms. The van der Waals surface area contributed by atoms with Crippen LogP contribution in [0.15, 0.2) is 24.4 Å². The highest BCUT2D eigenvalue weighted by atomic mass is 16.4. The predicted molar refractivity (Wildman–Crippen MR) is 83.4 cm³/mol. The van der Waals surface area contributed by atoms with Crippen LogP contribution in [0.3, 0.4) is 0 Å². The molecule has 2 N–H and O–H groups in total. The Morgan fingerprint density at radius 2 is 2.29 bits per heavy atom. The average Bonchev–Trinajstić information content (AvgIpc) is 3.06. The van der Waals surface area contributed by atoms with Gasteiger partial charge in [-0.15, -0.1) is 0 Å². The molecule has 1 aliphatic heterocycles. The van der Waals surface area contributed by atoms with Gasteiger partial charge in [-0.25, -0.2) is 0 Å². The number of carboxylic acids is 1. The topological polar surface area (TPSA) is 56.3 Å². The SMILES string of the molecule is CCc1cccc2c(CN3CCCC3CC(=O)O)c[nH]c12. The van der Waals surface area contributed by atoms with Crippen molar-refractivity contribution in [3.05, 3.63) is 35.5 Å². The Bertz CT molecular complexity index is 647. The van der Waals surface area contributed by atoms with Gasteiger partial charge in [0.1, 0.15) is 0 Å². The molecule has 1 unspecified atom stereocenters. The van der Waals surface area contributed by atoms with Crippen molar-refractivity contribution in [1.82, 2.24) is 9.88 Å². The van der Waals surface area contributed by atoms with E-state index in [4.69, 9.17) is 5.11 Å². The fraction of sp³-hybridized carbons (Fsp3) is 0.471. The first-order valence-corrected chi connectivity index (χ1v) is 7.72. The van der Waals surface area contributed by atoms with Crippen LogP contribution in [0.25, 0.3) is 10.9 Å². The van der Waals surface area contributed by atoms with Crippen molar-refractivity contribution >= 4 is 16.9 Å². The van der Waals surface area contributed by atoms with Crippen molar-refractivity contribution in [2.45, 2.75) is 45.2 Å². The maximum Gasteiger partial charge on any atom is 0.304 e. The molecule has 1 saturated heterocycles. The van der Waals surface area contributed by atoms with Crippen LogP contribution in [0.1, 0.15) is 37.3 Å². The van der Waals surface area contributed by atoms with Crippen LogP contribution in [-0.2, 0) is 17.8 Å². The summed E-state index contributed by atoms with van der Waals surface area (Å²) in [7, 11) is 0. The number of H-pyrrole nitrogens is 1. The van der Waals surface area contributed by atoms with Gasteiger partial charge in [-0.2, -0.15) is 0 Å². The lowest BCUT2D eigenvalue weighted by atomic mass is 10.1. The number of nitrogens with zero attached hydrogens (tertiary/aromatic N) is 1. The van der Waals surface area contributed by atoms with Crippen LogP contribution in [0.2, 0.25) is 0 Å². The van der Waals surface area contributed by atoms with Crippen LogP contribution >= 0.6 is 0 Å². The van der Waals surface area contributed by atoms with Gasteiger partial charge in [0, 0.05) is 29.7 Å². The lowest BCUT2D eigenvalue weighted by Gasteiger charge is -2.22. The minimum atomic E-state index is -0.695. The molecule has 1 aliphatic rings. The molecule has 4 nitrogen and oxygen atoms in total. The van der Waals surface area contributed by atoms with Gasteiger partial charge in [0.2, 0.25) is 0 Å². The number of carbonyl (C=O) groups is 1. The van der Waals surface area contributed by atoms with Gasteiger partial charge in [-0.3, -0.25) is 9.69 Å². The van der Waals surface area contributed by atoms with Crippen molar-refractivity contribution in [2.24, 2.45) is 0 Å². The smallest absolute Gasteiger partial charge is 0.304 e. The number of benzene rings is 1. The molecular weight excluding hydrogens is 264 g/mol. The number of likely N-dealkylation sites (tertiary alicyclic amines) is 1.